The molecule has 36 heavy (non-hydrogen) atoms. The standard InChI is InChI=1S/C26H36N2O6S2/c1-25(2,3)19-10-11-23(22(17-19)26(4,5)6)35(31,32)27-20-12-14-28(15-13-20)36(33,34)21-9-7-8-18(16-21)24(29)30/h7-11,16-17,20,27H,12-15H2,1-6H3,(H,29,30). The van der Waals surface area contributed by atoms with E-state index in [-0.39, 0.29) is 33.9 Å². The lowest BCUT2D eigenvalue weighted by Gasteiger charge is -2.32. The first-order valence-electron chi connectivity index (χ1n) is 11.9. The van der Waals surface area contributed by atoms with Crippen LogP contribution in [0.15, 0.2) is 52.3 Å². The zero-order valence-corrected chi connectivity index (χ0v) is 23.3. The number of hydrogen-bond donors (Lipinski definition) is 2. The van der Waals surface area contributed by atoms with Gasteiger partial charge in [-0.25, -0.2) is 26.4 Å². The van der Waals surface area contributed by atoms with Gasteiger partial charge in [-0.3, -0.25) is 0 Å². The third kappa shape index (κ3) is 6.16. The quantitative estimate of drug-likeness (QED) is 0.573. The lowest BCUT2D eigenvalue weighted by Crippen LogP contribution is -2.46. The van der Waals surface area contributed by atoms with Crippen molar-refractivity contribution in [3.8, 4) is 0 Å². The summed E-state index contributed by atoms with van der Waals surface area (Å²) in [4.78, 5) is 11.4. The molecule has 2 aromatic rings. The largest absolute Gasteiger partial charge is 0.478 e. The number of carbonyl (C=O) groups is 1. The van der Waals surface area contributed by atoms with Crippen LogP contribution in [-0.4, -0.2) is 51.3 Å². The Morgan fingerprint density at radius 2 is 1.53 bits per heavy atom. The van der Waals surface area contributed by atoms with Gasteiger partial charge in [0.2, 0.25) is 20.0 Å². The van der Waals surface area contributed by atoms with Crippen LogP contribution in [0.2, 0.25) is 0 Å². The molecule has 0 saturated carbocycles. The number of carboxylic acids is 1. The Labute approximate surface area is 214 Å². The highest BCUT2D eigenvalue weighted by molar-refractivity contribution is 7.89. The molecule has 1 aliphatic heterocycles. The van der Waals surface area contributed by atoms with Crippen LogP contribution >= 0.6 is 0 Å². The highest BCUT2D eigenvalue weighted by Crippen LogP contribution is 2.34. The zero-order valence-electron chi connectivity index (χ0n) is 21.7. The summed E-state index contributed by atoms with van der Waals surface area (Å²) >= 11 is 0. The van der Waals surface area contributed by atoms with Crippen LogP contribution in [-0.2, 0) is 30.9 Å². The molecule has 8 nitrogen and oxygen atoms in total. The van der Waals surface area contributed by atoms with Crippen LogP contribution in [0.3, 0.4) is 0 Å². The number of nitrogens with zero attached hydrogens (tertiary/aromatic N) is 1. The maximum atomic E-state index is 13.4. The maximum Gasteiger partial charge on any atom is 0.335 e. The summed E-state index contributed by atoms with van der Waals surface area (Å²) in [6.45, 7) is 12.5. The number of carboxylic acid groups (broad SMARTS) is 1. The lowest BCUT2D eigenvalue weighted by atomic mass is 9.81. The molecule has 0 aliphatic carbocycles. The van der Waals surface area contributed by atoms with E-state index in [1.165, 1.54) is 22.5 Å². The fourth-order valence-electron chi connectivity index (χ4n) is 4.25. The Bertz CT molecular complexity index is 1350. The van der Waals surface area contributed by atoms with E-state index in [0.717, 1.165) is 17.2 Å². The van der Waals surface area contributed by atoms with Crippen molar-refractivity contribution in [1.82, 2.24) is 9.03 Å². The number of nitrogens with one attached hydrogen (secondary N) is 1. The first kappa shape index (κ1) is 28.3. The minimum absolute atomic E-state index is 0.0878. The molecular formula is C26H36N2O6S2. The number of piperidine rings is 1. The van der Waals surface area contributed by atoms with Crippen molar-refractivity contribution in [3.63, 3.8) is 0 Å². The second kappa shape index (κ2) is 9.89. The Morgan fingerprint density at radius 1 is 0.917 bits per heavy atom. The summed E-state index contributed by atoms with van der Waals surface area (Å²) < 4.78 is 57.0. The first-order chi connectivity index (χ1) is 16.4. The molecule has 10 heteroatoms. The number of rotatable bonds is 6. The molecule has 2 aromatic carbocycles. The molecule has 1 saturated heterocycles. The van der Waals surface area contributed by atoms with Crippen molar-refractivity contribution in [1.29, 1.82) is 0 Å². The van der Waals surface area contributed by atoms with E-state index < -0.39 is 37.5 Å². The van der Waals surface area contributed by atoms with Crippen LogP contribution in [0.4, 0.5) is 0 Å². The number of hydrogen-bond acceptors (Lipinski definition) is 5. The van der Waals surface area contributed by atoms with E-state index in [1.807, 2.05) is 32.9 Å². The van der Waals surface area contributed by atoms with E-state index in [9.17, 15) is 26.7 Å². The van der Waals surface area contributed by atoms with Gasteiger partial charge >= 0.3 is 5.97 Å². The van der Waals surface area contributed by atoms with Crippen LogP contribution < -0.4 is 4.72 Å². The summed E-state index contributed by atoms with van der Waals surface area (Å²) in [6, 6.07) is 10.3. The average Bonchev–Trinajstić information content (AvgIpc) is 2.77. The van der Waals surface area contributed by atoms with Crippen molar-refractivity contribution >= 4 is 26.0 Å². The van der Waals surface area contributed by atoms with E-state index in [4.69, 9.17) is 0 Å². The van der Waals surface area contributed by atoms with Gasteiger partial charge in [-0.15, -0.1) is 0 Å². The number of aromatic carboxylic acids is 1. The first-order valence-corrected chi connectivity index (χ1v) is 14.9. The van der Waals surface area contributed by atoms with Gasteiger partial charge in [0.15, 0.2) is 0 Å². The molecular weight excluding hydrogens is 500 g/mol. The Hall–Kier alpha value is -2.27. The minimum Gasteiger partial charge on any atom is -0.478 e. The van der Waals surface area contributed by atoms with E-state index in [0.29, 0.717) is 12.8 Å². The second-order valence-electron chi connectivity index (χ2n) is 11.3. The summed E-state index contributed by atoms with van der Waals surface area (Å²) in [7, 11) is -7.73. The van der Waals surface area contributed by atoms with Gasteiger partial charge in [0.05, 0.1) is 15.4 Å². The van der Waals surface area contributed by atoms with Gasteiger partial charge in [0.25, 0.3) is 0 Å². The highest BCUT2D eigenvalue weighted by atomic mass is 32.2. The van der Waals surface area contributed by atoms with Crippen LogP contribution in [0, 0.1) is 0 Å². The third-order valence-electron chi connectivity index (χ3n) is 6.44. The molecule has 0 radical (unpaired) electrons. The average molecular weight is 537 g/mol. The maximum absolute atomic E-state index is 13.4. The predicted molar refractivity (Wildman–Crippen MR) is 139 cm³/mol. The number of sulfonamides is 2. The topological polar surface area (TPSA) is 121 Å². The molecule has 0 amide bonds. The van der Waals surface area contributed by atoms with Gasteiger partial charge in [-0.1, -0.05) is 59.7 Å². The van der Waals surface area contributed by atoms with Crippen molar-refractivity contribution in [2.75, 3.05) is 13.1 Å². The highest BCUT2D eigenvalue weighted by Gasteiger charge is 2.33. The van der Waals surface area contributed by atoms with Gasteiger partial charge in [-0.05, 0) is 59.1 Å². The molecule has 1 heterocycles. The Morgan fingerprint density at radius 3 is 2.06 bits per heavy atom. The van der Waals surface area contributed by atoms with Crippen LogP contribution in [0.25, 0.3) is 0 Å². The zero-order chi connectivity index (χ0) is 27.1. The molecule has 2 N–H and O–H groups in total. The SMILES string of the molecule is CC(C)(C)c1ccc(S(=O)(=O)NC2CCN(S(=O)(=O)c3cccc(C(=O)O)c3)CC2)c(C(C)(C)C)c1. The van der Waals surface area contributed by atoms with Gasteiger partial charge in [-0.2, -0.15) is 4.31 Å². The normalized spacial score (nSPS) is 16.7. The molecule has 0 bridgehead atoms. The van der Waals surface area contributed by atoms with Crippen molar-refractivity contribution in [3.05, 3.63) is 59.2 Å². The van der Waals surface area contributed by atoms with Gasteiger partial charge < -0.3 is 5.11 Å². The summed E-state index contributed by atoms with van der Waals surface area (Å²) in [6.07, 6.45) is 0.615. The van der Waals surface area contributed by atoms with E-state index >= 15 is 0 Å². The van der Waals surface area contributed by atoms with E-state index in [2.05, 4.69) is 25.5 Å². The molecule has 0 aromatic heterocycles. The van der Waals surface area contributed by atoms with E-state index in [1.54, 1.807) is 6.07 Å². The molecule has 0 spiro atoms. The monoisotopic (exact) mass is 536 g/mol. The Balaban J connectivity index is 1.78. The van der Waals surface area contributed by atoms with Crippen molar-refractivity contribution < 1.29 is 26.7 Å². The molecule has 1 fully saturated rings. The summed E-state index contributed by atoms with van der Waals surface area (Å²) in [5, 5.41) is 9.17. The van der Waals surface area contributed by atoms with Crippen LogP contribution in [0.1, 0.15) is 75.9 Å². The fraction of sp³-hybridized carbons (Fsp3) is 0.500. The molecule has 0 atom stereocenters. The molecule has 0 unspecified atom stereocenters. The molecule has 3 rings (SSSR count). The van der Waals surface area contributed by atoms with Gasteiger partial charge in [0, 0.05) is 19.1 Å². The summed E-state index contributed by atoms with van der Waals surface area (Å²) in [5.74, 6) is -1.20. The predicted octanol–water partition coefficient (Wildman–Crippen LogP) is 4.11. The van der Waals surface area contributed by atoms with Gasteiger partial charge in [0.1, 0.15) is 0 Å². The smallest absolute Gasteiger partial charge is 0.335 e. The molecule has 1 aliphatic rings. The fourth-order valence-corrected chi connectivity index (χ4v) is 7.47. The van der Waals surface area contributed by atoms with Crippen molar-refractivity contribution in [2.45, 2.75) is 81.0 Å². The third-order valence-corrected chi connectivity index (χ3v) is 9.91. The minimum atomic E-state index is -3.89. The molecule has 198 valence electrons. The summed E-state index contributed by atoms with van der Waals surface area (Å²) in [5.41, 5.74) is 1.16. The number of benzene rings is 2. The Kier molecular flexibility index (Phi) is 7.77. The van der Waals surface area contributed by atoms with Crippen molar-refractivity contribution in [2.24, 2.45) is 0 Å². The lowest BCUT2D eigenvalue weighted by molar-refractivity contribution is 0.0696. The second-order valence-corrected chi connectivity index (χ2v) is 15.0. The van der Waals surface area contributed by atoms with Crippen LogP contribution in [0.5, 0.6) is 0 Å².